The molecule has 0 unspecified atom stereocenters. The quantitative estimate of drug-likeness (QED) is 0.525. The van der Waals surface area contributed by atoms with Crippen LogP contribution in [0.25, 0.3) is 10.6 Å². The Hall–Kier alpha value is -3.52. The topological polar surface area (TPSA) is 114 Å². The van der Waals surface area contributed by atoms with Gasteiger partial charge in [0.25, 0.3) is 11.8 Å². The Balaban J connectivity index is 1.80. The van der Waals surface area contributed by atoms with Gasteiger partial charge in [-0.15, -0.1) is 11.3 Å². The lowest BCUT2D eigenvalue weighted by molar-refractivity contribution is -0.117. The van der Waals surface area contributed by atoms with Crippen molar-refractivity contribution < 1.29 is 14.4 Å². The van der Waals surface area contributed by atoms with E-state index in [-0.39, 0.29) is 18.9 Å². The van der Waals surface area contributed by atoms with Crippen molar-refractivity contribution >= 4 is 34.7 Å². The Morgan fingerprint density at radius 3 is 2.48 bits per heavy atom. The van der Waals surface area contributed by atoms with E-state index in [0.717, 1.165) is 16.1 Å². The highest BCUT2D eigenvalue weighted by molar-refractivity contribution is 7.17. The molecule has 0 saturated carbocycles. The fourth-order valence-corrected chi connectivity index (χ4v) is 4.19. The summed E-state index contributed by atoms with van der Waals surface area (Å²) >= 11 is 1.32. The van der Waals surface area contributed by atoms with Crippen LogP contribution >= 0.6 is 11.3 Å². The van der Waals surface area contributed by atoms with Crippen LogP contribution in [0.5, 0.6) is 0 Å². The van der Waals surface area contributed by atoms with Crippen LogP contribution < -0.4 is 16.4 Å². The van der Waals surface area contributed by atoms with Crippen molar-refractivity contribution in [1.29, 1.82) is 0 Å². The molecular formula is C23H24N4O3S. The number of carbonyl (C=O) groups excluding carboxylic acids is 3. The van der Waals surface area contributed by atoms with Crippen LogP contribution in [0.15, 0.2) is 42.5 Å². The Bertz CT molecular complexity index is 1150. The lowest BCUT2D eigenvalue weighted by Gasteiger charge is -2.11. The number of aromatic nitrogens is 1. The average molecular weight is 437 g/mol. The summed E-state index contributed by atoms with van der Waals surface area (Å²) in [6.45, 7) is 5.97. The minimum Gasteiger partial charge on any atom is -0.370 e. The number of hydrogen-bond acceptors (Lipinski definition) is 5. The van der Waals surface area contributed by atoms with Crippen molar-refractivity contribution in [1.82, 2.24) is 10.3 Å². The molecule has 3 rings (SSSR count). The van der Waals surface area contributed by atoms with Gasteiger partial charge in [-0.2, -0.15) is 0 Å². The summed E-state index contributed by atoms with van der Waals surface area (Å²) in [5.74, 6) is -1.22. The molecule has 0 saturated heterocycles. The zero-order valence-electron chi connectivity index (χ0n) is 17.6. The predicted octanol–water partition coefficient (Wildman–Crippen LogP) is 3.59. The molecule has 8 heteroatoms. The summed E-state index contributed by atoms with van der Waals surface area (Å²) < 4.78 is 0. The van der Waals surface area contributed by atoms with Gasteiger partial charge in [0.1, 0.15) is 9.88 Å². The third kappa shape index (κ3) is 5.35. The molecule has 31 heavy (non-hydrogen) atoms. The molecule has 2 aromatic carbocycles. The lowest BCUT2D eigenvalue weighted by Crippen LogP contribution is -2.28. The number of thiazole rings is 1. The zero-order chi connectivity index (χ0) is 22.5. The second-order valence-electron chi connectivity index (χ2n) is 7.22. The molecule has 0 fully saturated rings. The largest absolute Gasteiger partial charge is 0.370 e. The molecule has 0 radical (unpaired) electrons. The molecule has 3 aromatic rings. The number of primary amides is 1. The van der Waals surface area contributed by atoms with Gasteiger partial charge in [-0.1, -0.05) is 35.9 Å². The van der Waals surface area contributed by atoms with Crippen molar-refractivity contribution in [3.8, 4) is 10.6 Å². The van der Waals surface area contributed by atoms with Crippen molar-refractivity contribution in [2.75, 3.05) is 11.9 Å². The molecule has 3 amide bonds. The first-order valence-electron chi connectivity index (χ1n) is 9.78. The molecule has 7 nitrogen and oxygen atoms in total. The maximum Gasteiger partial charge on any atom is 0.267 e. The van der Waals surface area contributed by atoms with Crippen molar-refractivity contribution in [2.24, 2.45) is 5.73 Å². The highest BCUT2D eigenvalue weighted by Crippen LogP contribution is 2.31. The summed E-state index contributed by atoms with van der Waals surface area (Å²) in [6.07, 6.45) is 0.0432. The van der Waals surface area contributed by atoms with E-state index in [1.807, 2.05) is 26.0 Å². The number of nitrogens with one attached hydrogen (secondary N) is 2. The third-order valence-electron chi connectivity index (χ3n) is 4.69. The number of benzene rings is 2. The molecule has 0 aliphatic heterocycles. The second-order valence-corrected chi connectivity index (χ2v) is 8.22. The Labute approximate surface area is 184 Å². The minimum atomic E-state index is -0.498. The first kappa shape index (κ1) is 22.2. The van der Waals surface area contributed by atoms with Crippen molar-refractivity contribution in [2.45, 2.75) is 27.2 Å². The van der Waals surface area contributed by atoms with E-state index in [1.54, 1.807) is 31.2 Å². The normalized spacial score (nSPS) is 10.5. The van der Waals surface area contributed by atoms with Gasteiger partial charge in [-0.3, -0.25) is 14.4 Å². The first-order chi connectivity index (χ1) is 14.8. The van der Waals surface area contributed by atoms with Crippen LogP contribution in [-0.4, -0.2) is 29.3 Å². The second kappa shape index (κ2) is 9.53. The molecule has 4 N–H and O–H groups in total. The average Bonchev–Trinajstić information content (AvgIpc) is 3.09. The van der Waals surface area contributed by atoms with Gasteiger partial charge in [0.05, 0.1) is 16.9 Å². The molecule has 0 aliphatic carbocycles. The number of aryl methyl sites for hydroxylation is 3. The van der Waals surface area contributed by atoms with Crippen LogP contribution in [-0.2, 0) is 4.79 Å². The van der Waals surface area contributed by atoms with Crippen LogP contribution in [0, 0.1) is 20.8 Å². The van der Waals surface area contributed by atoms with Crippen molar-refractivity contribution in [3.63, 3.8) is 0 Å². The number of anilines is 1. The predicted molar refractivity (Wildman–Crippen MR) is 122 cm³/mol. The van der Waals surface area contributed by atoms with Crippen molar-refractivity contribution in [3.05, 3.63) is 69.7 Å². The Morgan fingerprint density at radius 2 is 1.77 bits per heavy atom. The number of rotatable bonds is 7. The molecule has 160 valence electrons. The molecule has 1 heterocycles. The molecular weight excluding hydrogens is 412 g/mol. The molecule has 0 atom stereocenters. The lowest BCUT2D eigenvalue weighted by atomic mass is 10.1. The maximum atomic E-state index is 13.0. The van der Waals surface area contributed by atoms with Gasteiger partial charge < -0.3 is 16.4 Å². The summed E-state index contributed by atoms with van der Waals surface area (Å²) in [7, 11) is 0. The fourth-order valence-electron chi connectivity index (χ4n) is 3.14. The molecule has 0 bridgehead atoms. The minimum absolute atomic E-state index is 0.0432. The van der Waals surface area contributed by atoms with Crippen LogP contribution in [0.2, 0.25) is 0 Å². The molecule has 0 spiro atoms. The van der Waals surface area contributed by atoms with E-state index in [9.17, 15) is 14.4 Å². The molecule has 0 aliphatic rings. The van der Waals surface area contributed by atoms with Gasteiger partial charge in [0, 0.05) is 18.5 Å². The number of nitrogens with zero attached hydrogens (tertiary/aromatic N) is 1. The van der Waals surface area contributed by atoms with E-state index in [4.69, 9.17) is 5.73 Å². The Morgan fingerprint density at radius 1 is 1.03 bits per heavy atom. The first-order valence-corrected chi connectivity index (χ1v) is 10.6. The van der Waals surface area contributed by atoms with E-state index < -0.39 is 11.8 Å². The SMILES string of the molecule is Cc1ccc(-c2nc(C)c(C(=O)Nc3ccccc3C(=O)NCCC(N)=O)s2)c(C)c1. The van der Waals surface area contributed by atoms with Gasteiger partial charge in [0.15, 0.2) is 0 Å². The third-order valence-corrected chi connectivity index (χ3v) is 5.88. The van der Waals surface area contributed by atoms with E-state index in [0.29, 0.717) is 21.8 Å². The van der Waals surface area contributed by atoms with Crippen LogP contribution in [0.3, 0.4) is 0 Å². The smallest absolute Gasteiger partial charge is 0.267 e. The standard InChI is InChI=1S/C23H24N4O3S/c1-13-8-9-16(14(2)12-13)23-26-15(3)20(31-23)22(30)27-18-7-5-4-6-17(18)21(29)25-11-10-19(24)28/h4-9,12H,10-11H2,1-3H3,(H2,24,28)(H,25,29)(H,27,30). The van der Waals surface area contributed by atoms with Gasteiger partial charge in [0.2, 0.25) is 5.91 Å². The summed E-state index contributed by atoms with van der Waals surface area (Å²) in [5, 5.41) is 6.22. The van der Waals surface area contributed by atoms with Gasteiger partial charge in [-0.05, 0) is 38.5 Å². The van der Waals surface area contributed by atoms with E-state index in [1.165, 1.54) is 16.9 Å². The number of hydrogen-bond donors (Lipinski definition) is 3. The maximum absolute atomic E-state index is 13.0. The monoisotopic (exact) mass is 436 g/mol. The van der Waals surface area contributed by atoms with Gasteiger partial charge in [-0.25, -0.2) is 4.98 Å². The van der Waals surface area contributed by atoms with Gasteiger partial charge >= 0.3 is 0 Å². The number of amides is 3. The zero-order valence-corrected chi connectivity index (χ0v) is 18.4. The number of nitrogens with two attached hydrogens (primary N) is 1. The van der Waals surface area contributed by atoms with E-state index in [2.05, 4.69) is 21.7 Å². The molecule has 1 aromatic heterocycles. The van der Waals surface area contributed by atoms with Crippen LogP contribution in [0.1, 0.15) is 43.3 Å². The Kier molecular flexibility index (Phi) is 6.81. The summed E-state index contributed by atoms with van der Waals surface area (Å²) in [4.78, 5) is 41.4. The van der Waals surface area contributed by atoms with E-state index >= 15 is 0 Å². The fraction of sp³-hybridized carbons (Fsp3) is 0.217. The highest BCUT2D eigenvalue weighted by Gasteiger charge is 2.19. The summed E-state index contributed by atoms with van der Waals surface area (Å²) in [6, 6.07) is 12.8. The summed E-state index contributed by atoms with van der Waals surface area (Å²) in [5.41, 5.74) is 9.66. The number of carbonyl (C=O) groups is 3. The highest BCUT2D eigenvalue weighted by atomic mass is 32.1. The van der Waals surface area contributed by atoms with Crippen LogP contribution in [0.4, 0.5) is 5.69 Å². The number of para-hydroxylation sites is 1.